The Labute approximate surface area is 166 Å². The molecule has 0 saturated heterocycles. The van der Waals surface area contributed by atoms with E-state index in [4.69, 9.17) is 16.3 Å². The summed E-state index contributed by atoms with van der Waals surface area (Å²) >= 11 is 5.80. The van der Waals surface area contributed by atoms with Crippen LogP contribution in [-0.2, 0) is 0 Å². The zero-order chi connectivity index (χ0) is 19.9. The van der Waals surface area contributed by atoms with Gasteiger partial charge in [0.05, 0.1) is 17.3 Å². The van der Waals surface area contributed by atoms with Gasteiger partial charge in [0.15, 0.2) is 0 Å². The number of esters is 1. The first kappa shape index (κ1) is 19.3. The highest BCUT2D eigenvalue weighted by atomic mass is 35.5. The number of hydrazone groups is 1. The number of pyridine rings is 1. The molecule has 1 aromatic heterocycles. The van der Waals surface area contributed by atoms with Crippen molar-refractivity contribution in [2.24, 2.45) is 5.10 Å². The second kappa shape index (κ2) is 8.92. The average molecular weight is 394 g/mol. The molecule has 0 unspecified atom stereocenters. The molecule has 1 heterocycles. The van der Waals surface area contributed by atoms with Crippen molar-refractivity contribution in [3.8, 4) is 5.75 Å². The Bertz CT molecular complexity index is 999. The molecule has 1 amide bonds. The van der Waals surface area contributed by atoms with Gasteiger partial charge in [-0.3, -0.25) is 9.78 Å². The van der Waals surface area contributed by atoms with Crippen LogP contribution in [0.3, 0.4) is 0 Å². The Hall–Kier alpha value is -3.51. The second-order valence-electron chi connectivity index (χ2n) is 5.85. The minimum atomic E-state index is -0.475. The van der Waals surface area contributed by atoms with Crippen LogP contribution in [0.1, 0.15) is 32.0 Å². The summed E-state index contributed by atoms with van der Waals surface area (Å²) < 4.78 is 5.30. The van der Waals surface area contributed by atoms with Gasteiger partial charge in [0, 0.05) is 16.9 Å². The largest absolute Gasteiger partial charge is 0.423 e. The Balaban J connectivity index is 1.55. The van der Waals surface area contributed by atoms with Crippen LogP contribution in [-0.4, -0.2) is 23.1 Å². The fourth-order valence-electron chi connectivity index (χ4n) is 2.21. The summed E-state index contributed by atoms with van der Waals surface area (Å²) in [5, 5.41) is 4.46. The van der Waals surface area contributed by atoms with Crippen molar-refractivity contribution in [1.82, 2.24) is 10.4 Å². The number of hydrogen-bond donors (Lipinski definition) is 1. The third kappa shape index (κ3) is 5.25. The molecule has 6 nitrogen and oxygen atoms in total. The van der Waals surface area contributed by atoms with Crippen molar-refractivity contribution in [1.29, 1.82) is 0 Å². The lowest BCUT2D eigenvalue weighted by atomic mass is 10.2. The van der Waals surface area contributed by atoms with Gasteiger partial charge in [-0.15, -0.1) is 0 Å². The number of halogens is 1. The molecule has 0 atom stereocenters. The van der Waals surface area contributed by atoms with Crippen LogP contribution in [0.15, 0.2) is 72.0 Å². The number of nitrogens with one attached hydrogen (secondary N) is 1. The molecule has 140 valence electrons. The number of carbonyl (C=O) groups is 2. The first-order chi connectivity index (χ1) is 13.5. The van der Waals surface area contributed by atoms with E-state index in [1.807, 2.05) is 6.92 Å². The highest BCUT2D eigenvalue weighted by Crippen LogP contribution is 2.15. The van der Waals surface area contributed by atoms with Gasteiger partial charge < -0.3 is 4.74 Å². The molecule has 0 fully saturated rings. The van der Waals surface area contributed by atoms with Crippen LogP contribution in [0.2, 0.25) is 5.02 Å². The van der Waals surface area contributed by atoms with Gasteiger partial charge in [0.25, 0.3) is 5.91 Å². The lowest BCUT2D eigenvalue weighted by Gasteiger charge is -2.04. The van der Waals surface area contributed by atoms with Crippen molar-refractivity contribution < 1.29 is 14.3 Å². The molecule has 3 aromatic rings. The van der Waals surface area contributed by atoms with Crippen LogP contribution in [0.25, 0.3) is 0 Å². The highest BCUT2D eigenvalue weighted by molar-refractivity contribution is 6.30. The maximum absolute atomic E-state index is 12.1. The fourth-order valence-corrected chi connectivity index (χ4v) is 2.33. The van der Waals surface area contributed by atoms with Crippen LogP contribution < -0.4 is 10.2 Å². The molecular formula is C21H16ClN3O3. The number of carbonyl (C=O) groups excluding carboxylic acids is 2. The Morgan fingerprint density at radius 2 is 1.68 bits per heavy atom. The summed E-state index contributed by atoms with van der Waals surface area (Å²) in [5.41, 5.74) is 4.82. The zero-order valence-electron chi connectivity index (χ0n) is 14.9. The molecule has 0 bridgehead atoms. The summed E-state index contributed by atoms with van der Waals surface area (Å²) in [6, 6.07) is 16.6. The van der Waals surface area contributed by atoms with E-state index < -0.39 is 5.97 Å². The van der Waals surface area contributed by atoms with Crippen LogP contribution in [0.4, 0.5) is 0 Å². The molecule has 0 spiro atoms. The Morgan fingerprint density at radius 1 is 1.00 bits per heavy atom. The van der Waals surface area contributed by atoms with E-state index in [0.29, 0.717) is 21.9 Å². The van der Waals surface area contributed by atoms with Crippen molar-refractivity contribution in [3.05, 3.63) is 94.3 Å². The normalized spacial score (nSPS) is 10.6. The SMILES string of the molecule is Cc1ccc(C(=O)N/N=C/c2ccc(OC(=O)c3ccc(Cl)cc3)cc2)cn1. The second-order valence-corrected chi connectivity index (χ2v) is 6.29. The number of hydrogen-bond acceptors (Lipinski definition) is 5. The van der Waals surface area contributed by atoms with E-state index in [-0.39, 0.29) is 5.91 Å². The minimum Gasteiger partial charge on any atom is -0.423 e. The van der Waals surface area contributed by atoms with Crippen LogP contribution in [0.5, 0.6) is 5.75 Å². The molecule has 2 aromatic carbocycles. The van der Waals surface area contributed by atoms with Crippen LogP contribution >= 0.6 is 11.6 Å². The first-order valence-electron chi connectivity index (χ1n) is 8.35. The average Bonchev–Trinajstić information content (AvgIpc) is 2.70. The van der Waals surface area contributed by atoms with E-state index >= 15 is 0 Å². The maximum atomic E-state index is 12.1. The Morgan fingerprint density at radius 3 is 2.32 bits per heavy atom. The predicted octanol–water partition coefficient (Wildman–Crippen LogP) is 4.03. The van der Waals surface area contributed by atoms with E-state index in [2.05, 4.69) is 15.5 Å². The van der Waals surface area contributed by atoms with Crippen molar-refractivity contribution in [3.63, 3.8) is 0 Å². The summed E-state index contributed by atoms with van der Waals surface area (Å²) in [6.45, 7) is 1.84. The van der Waals surface area contributed by atoms with E-state index in [1.165, 1.54) is 12.4 Å². The third-order valence-electron chi connectivity index (χ3n) is 3.72. The van der Waals surface area contributed by atoms with E-state index in [0.717, 1.165) is 11.3 Å². The quantitative estimate of drug-likeness (QED) is 0.307. The number of rotatable bonds is 5. The number of amides is 1. The number of aryl methyl sites for hydroxylation is 1. The van der Waals surface area contributed by atoms with Gasteiger partial charge in [-0.2, -0.15) is 5.10 Å². The molecule has 0 aliphatic rings. The van der Waals surface area contributed by atoms with E-state index in [1.54, 1.807) is 60.7 Å². The number of aromatic nitrogens is 1. The maximum Gasteiger partial charge on any atom is 0.343 e. The summed E-state index contributed by atoms with van der Waals surface area (Å²) in [5.74, 6) is -0.429. The lowest BCUT2D eigenvalue weighted by molar-refractivity contribution is 0.0734. The molecular weight excluding hydrogens is 378 g/mol. The molecule has 3 rings (SSSR count). The van der Waals surface area contributed by atoms with Gasteiger partial charge in [0.2, 0.25) is 0 Å². The lowest BCUT2D eigenvalue weighted by Crippen LogP contribution is -2.17. The van der Waals surface area contributed by atoms with E-state index in [9.17, 15) is 9.59 Å². The minimum absolute atomic E-state index is 0.350. The van der Waals surface area contributed by atoms with Gasteiger partial charge in [0.1, 0.15) is 5.75 Å². The molecule has 0 radical (unpaired) electrons. The zero-order valence-corrected chi connectivity index (χ0v) is 15.7. The Kier molecular flexibility index (Phi) is 6.14. The molecule has 0 saturated carbocycles. The van der Waals surface area contributed by atoms with Gasteiger partial charge >= 0.3 is 5.97 Å². The molecule has 28 heavy (non-hydrogen) atoms. The highest BCUT2D eigenvalue weighted by Gasteiger charge is 2.08. The standard InChI is InChI=1S/C21H16ClN3O3/c1-14-2-5-17(13-23-14)20(26)25-24-12-15-3-10-19(11-4-15)28-21(27)16-6-8-18(22)9-7-16/h2-13H,1H3,(H,25,26)/b24-12+. The molecule has 1 N–H and O–H groups in total. The fraction of sp³-hybridized carbons (Fsp3) is 0.0476. The third-order valence-corrected chi connectivity index (χ3v) is 3.98. The number of nitrogens with zero attached hydrogens (tertiary/aromatic N) is 2. The van der Waals surface area contributed by atoms with Gasteiger partial charge in [-0.25, -0.2) is 10.2 Å². The van der Waals surface area contributed by atoms with Gasteiger partial charge in [-0.05, 0) is 73.2 Å². The topological polar surface area (TPSA) is 80.6 Å². The predicted molar refractivity (Wildman–Crippen MR) is 107 cm³/mol. The van der Waals surface area contributed by atoms with Crippen LogP contribution in [0, 0.1) is 6.92 Å². The summed E-state index contributed by atoms with van der Waals surface area (Å²) in [4.78, 5) is 28.1. The molecule has 7 heteroatoms. The first-order valence-corrected chi connectivity index (χ1v) is 8.73. The molecule has 0 aliphatic carbocycles. The van der Waals surface area contributed by atoms with Crippen molar-refractivity contribution in [2.75, 3.05) is 0 Å². The number of benzene rings is 2. The number of ether oxygens (including phenoxy) is 1. The van der Waals surface area contributed by atoms with Crippen molar-refractivity contribution in [2.45, 2.75) is 6.92 Å². The smallest absolute Gasteiger partial charge is 0.343 e. The van der Waals surface area contributed by atoms with Gasteiger partial charge in [-0.1, -0.05) is 11.6 Å². The van der Waals surface area contributed by atoms with Crippen molar-refractivity contribution >= 4 is 29.7 Å². The monoisotopic (exact) mass is 393 g/mol. The molecule has 0 aliphatic heterocycles. The summed E-state index contributed by atoms with van der Waals surface area (Å²) in [6.07, 6.45) is 2.98. The summed E-state index contributed by atoms with van der Waals surface area (Å²) in [7, 11) is 0.